The standard InChI is InChI=1S/C26H20FN3O2/c1-17-10-13-23(32-16-18-7-3-2-4-8-18)25(28-17)24-21-9-5-6-14-30(21)26(29-24)20-15-19(27)11-12-22(20)31/h2-15,31H,16H2,1H3. The number of phenols is 1. The van der Waals surface area contributed by atoms with Gasteiger partial charge in [-0.1, -0.05) is 36.4 Å². The van der Waals surface area contributed by atoms with Gasteiger partial charge in [-0.15, -0.1) is 0 Å². The molecular weight excluding hydrogens is 405 g/mol. The van der Waals surface area contributed by atoms with Gasteiger partial charge in [0.25, 0.3) is 0 Å². The van der Waals surface area contributed by atoms with Crippen molar-refractivity contribution in [3.8, 4) is 34.3 Å². The fraction of sp³-hybridized carbons (Fsp3) is 0.0769. The van der Waals surface area contributed by atoms with Gasteiger partial charge < -0.3 is 9.84 Å². The van der Waals surface area contributed by atoms with Crippen LogP contribution in [0, 0.1) is 12.7 Å². The number of aromatic nitrogens is 3. The van der Waals surface area contributed by atoms with E-state index in [1.807, 2.05) is 78.2 Å². The highest BCUT2D eigenvalue weighted by Crippen LogP contribution is 2.36. The number of imidazole rings is 1. The molecular formula is C26H20FN3O2. The highest BCUT2D eigenvalue weighted by molar-refractivity contribution is 5.83. The van der Waals surface area contributed by atoms with Gasteiger partial charge in [-0.05, 0) is 55.0 Å². The van der Waals surface area contributed by atoms with Crippen molar-refractivity contribution in [2.24, 2.45) is 0 Å². The summed E-state index contributed by atoms with van der Waals surface area (Å²) in [6.07, 6.45) is 1.83. The van der Waals surface area contributed by atoms with Crippen molar-refractivity contribution in [3.63, 3.8) is 0 Å². The van der Waals surface area contributed by atoms with Gasteiger partial charge in [0.2, 0.25) is 0 Å². The number of fused-ring (bicyclic) bond motifs is 1. The first kappa shape index (κ1) is 19.8. The molecule has 1 N–H and O–H groups in total. The van der Waals surface area contributed by atoms with Crippen LogP contribution < -0.4 is 4.74 Å². The van der Waals surface area contributed by atoms with Crippen LogP contribution in [0.5, 0.6) is 11.5 Å². The Morgan fingerprint density at radius 1 is 0.906 bits per heavy atom. The fourth-order valence-electron chi connectivity index (χ4n) is 3.65. The molecule has 0 spiro atoms. The van der Waals surface area contributed by atoms with Crippen LogP contribution in [0.15, 0.2) is 85.1 Å². The lowest BCUT2D eigenvalue weighted by Gasteiger charge is -2.11. The molecule has 6 heteroatoms. The van der Waals surface area contributed by atoms with E-state index in [-0.39, 0.29) is 5.75 Å². The van der Waals surface area contributed by atoms with E-state index in [1.165, 1.54) is 18.2 Å². The molecule has 0 atom stereocenters. The van der Waals surface area contributed by atoms with Gasteiger partial charge in [0.15, 0.2) is 0 Å². The summed E-state index contributed by atoms with van der Waals surface area (Å²) in [7, 11) is 0. The molecule has 3 aromatic heterocycles. The number of hydrogen-bond donors (Lipinski definition) is 1. The maximum Gasteiger partial charge on any atom is 0.149 e. The number of phenolic OH excluding ortho intramolecular Hbond substituents is 1. The van der Waals surface area contributed by atoms with Crippen molar-refractivity contribution in [1.29, 1.82) is 0 Å². The molecule has 0 amide bonds. The van der Waals surface area contributed by atoms with Gasteiger partial charge in [0.05, 0.1) is 11.1 Å². The molecule has 0 fully saturated rings. The van der Waals surface area contributed by atoms with Crippen molar-refractivity contribution in [3.05, 3.63) is 102 Å². The van der Waals surface area contributed by atoms with Crippen LogP contribution in [0.3, 0.4) is 0 Å². The lowest BCUT2D eigenvalue weighted by atomic mass is 10.2. The predicted octanol–water partition coefficient (Wildman–Crippen LogP) is 5.80. The summed E-state index contributed by atoms with van der Waals surface area (Å²) in [6, 6.07) is 23.1. The molecule has 0 aliphatic heterocycles. The molecule has 5 rings (SSSR count). The first-order valence-electron chi connectivity index (χ1n) is 10.2. The molecule has 0 aliphatic carbocycles. The molecule has 0 unspecified atom stereocenters. The van der Waals surface area contributed by atoms with Crippen molar-refractivity contribution in [1.82, 2.24) is 14.4 Å². The van der Waals surface area contributed by atoms with Crippen LogP contribution in [-0.4, -0.2) is 19.5 Å². The minimum absolute atomic E-state index is 0.0496. The topological polar surface area (TPSA) is 59.7 Å². The normalized spacial score (nSPS) is 11.1. The van der Waals surface area contributed by atoms with E-state index in [9.17, 15) is 9.50 Å². The summed E-state index contributed by atoms with van der Waals surface area (Å²) in [5.74, 6) is 0.516. The number of aryl methyl sites for hydroxylation is 1. The van der Waals surface area contributed by atoms with Gasteiger partial charge in [-0.2, -0.15) is 0 Å². The molecule has 158 valence electrons. The van der Waals surface area contributed by atoms with E-state index in [2.05, 4.69) is 0 Å². The number of aromatic hydroxyl groups is 1. The Morgan fingerprint density at radius 2 is 1.72 bits per heavy atom. The molecule has 0 saturated heterocycles. The smallest absolute Gasteiger partial charge is 0.149 e. The zero-order valence-electron chi connectivity index (χ0n) is 17.4. The maximum atomic E-state index is 14.0. The third kappa shape index (κ3) is 3.67. The van der Waals surface area contributed by atoms with Gasteiger partial charge in [0.1, 0.15) is 41.1 Å². The van der Waals surface area contributed by atoms with Gasteiger partial charge >= 0.3 is 0 Å². The Labute approximate surface area is 184 Å². The number of hydrogen-bond acceptors (Lipinski definition) is 4. The first-order valence-corrected chi connectivity index (χ1v) is 10.2. The van der Waals surface area contributed by atoms with Crippen LogP contribution in [0.2, 0.25) is 0 Å². The second-order valence-electron chi connectivity index (χ2n) is 7.48. The number of halogens is 1. The summed E-state index contributed by atoms with van der Waals surface area (Å²) in [6.45, 7) is 2.30. The van der Waals surface area contributed by atoms with E-state index in [0.717, 1.165) is 16.8 Å². The summed E-state index contributed by atoms with van der Waals surface area (Å²) in [5.41, 5.74) is 4.12. The van der Waals surface area contributed by atoms with Gasteiger partial charge in [-0.3, -0.25) is 4.40 Å². The van der Waals surface area contributed by atoms with Crippen LogP contribution in [0.1, 0.15) is 11.3 Å². The highest BCUT2D eigenvalue weighted by atomic mass is 19.1. The Kier molecular flexibility index (Phi) is 5.03. The van der Waals surface area contributed by atoms with Crippen molar-refractivity contribution >= 4 is 5.52 Å². The molecule has 2 aromatic carbocycles. The molecule has 5 aromatic rings. The SMILES string of the molecule is Cc1ccc(OCc2ccccc2)c(-c2nc(-c3cc(F)ccc3O)n3ccccc23)n1. The monoisotopic (exact) mass is 425 g/mol. The molecule has 32 heavy (non-hydrogen) atoms. The van der Waals surface area contributed by atoms with E-state index in [0.29, 0.717) is 35.1 Å². The second-order valence-corrected chi connectivity index (χ2v) is 7.48. The second kappa shape index (κ2) is 8.15. The zero-order valence-corrected chi connectivity index (χ0v) is 17.4. The molecule has 0 aliphatic rings. The highest BCUT2D eigenvalue weighted by Gasteiger charge is 2.20. The fourth-order valence-corrected chi connectivity index (χ4v) is 3.65. The molecule has 0 saturated carbocycles. The number of nitrogens with zero attached hydrogens (tertiary/aromatic N) is 3. The zero-order chi connectivity index (χ0) is 22.1. The van der Waals surface area contributed by atoms with E-state index in [4.69, 9.17) is 14.7 Å². The lowest BCUT2D eigenvalue weighted by Crippen LogP contribution is -1.99. The third-order valence-corrected chi connectivity index (χ3v) is 5.21. The summed E-state index contributed by atoms with van der Waals surface area (Å²) in [5, 5.41) is 10.4. The summed E-state index contributed by atoms with van der Waals surface area (Å²) >= 11 is 0. The molecule has 5 nitrogen and oxygen atoms in total. The average molecular weight is 425 g/mol. The molecule has 0 radical (unpaired) electrons. The van der Waals surface area contributed by atoms with Crippen LogP contribution in [-0.2, 0) is 6.61 Å². The predicted molar refractivity (Wildman–Crippen MR) is 121 cm³/mol. The van der Waals surface area contributed by atoms with E-state index < -0.39 is 5.82 Å². The maximum absolute atomic E-state index is 14.0. The Morgan fingerprint density at radius 3 is 2.56 bits per heavy atom. The van der Waals surface area contributed by atoms with Gasteiger partial charge in [-0.25, -0.2) is 14.4 Å². The molecule has 0 bridgehead atoms. The lowest BCUT2D eigenvalue weighted by molar-refractivity contribution is 0.306. The number of benzene rings is 2. The van der Waals surface area contributed by atoms with Crippen molar-refractivity contribution in [2.75, 3.05) is 0 Å². The van der Waals surface area contributed by atoms with Gasteiger partial charge in [0, 0.05) is 11.9 Å². The largest absolute Gasteiger partial charge is 0.507 e. The summed E-state index contributed by atoms with van der Waals surface area (Å²) < 4.78 is 21.9. The van der Waals surface area contributed by atoms with E-state index in [1.54, 1.807) is 0 Å². The Hall–Kier alpha value is -4.19. The summed E-state index contributed by atoms with van der Waals surface area (Å²) in [4.78, 5) is 9.50. The average Bonchev–Trinajstić information content (AvgIpc) is 3.20. The third-order valence-electron chi connectivity index (χ3n) is 5.21. The molecule has 3 heterocycles. The number of rotatable bonds is 5. The minimum Gasteiger partial charge on any atom is -0.507 e. The first-order chi connectivity index (χ1) is 15.6. The number of pyridine rings is 2. The quantitative estimate of drug-likeness (QED) is 0.387. The Balaban J connectivity index is 1.66. The minimum atomic E-state index is -0.451. The van der Waals surface area contributed by atoms with Crippen LogP contribution in [0.25, 0.3) is 28.3 Å². The number of ether oxygens (including phenoxy) is 1. The van der Waals surface area contributed by atoms with Crippen molar-refractivity contribution < 1.29 is 14.2 Å². The van der Waals surface area contributed by atoms with Crippen LogP contribution >= 0.6 is 0 Å². The van der Waals surface area contributed by atoms with Crippen LogP contribution in [0.4, 0.5) is 4.39 Å². The van der Waals surface area contributed by atoms with Crippen molar-refractivity contribution in [2.45, 2.75) is 13.5 Å². The Bertz CT molecular complexity index is 1410. The van der Waals surface area contributed by atoms with E-state index >= 15 is 0 Å².